The molecule has 0 rings (SSSR count). The van der Waals surface area contributed by atoms with Gasteiger partial charge in [-0.3, -0.25) is 5.41 Å². The molecule has 54 valence electrons. The van der Waals surface area contributed by atoms with Gasteiger partial charge in [-0.25, -0.2) is 5.43 Å². The molecule has 7 heteroatoms. The van der Waals surface area contributed by atoms with Crippen LogP contribution in [0, 0.1) is 5.41 Å². The van der Waals surface area contributed by atoms with Crippen molar-refractivity contribution in [3.8, 4) is 0 Å². The SMILES string of the molecule is Cl.N=C(N)NN=C=S.[SeH2]. The average molecular weight is 234 g/mol. The Morgan fingerprint density at radius 3 is 2.33 bits per heavy atom. The fraction of sp³-hybridized carbons (Fsp3) is 0. The third-order valence-electron chi connectivity index (χ3n) is 0.222. The van der Waals surface area contributed by atoms with Gasteiger partial charge in [0.1, 0.15) is 0 Å². The molecule has 0 aliphatic carbocycles. The van der Waals surface area contributed by atoms with Crippen molar-refractivity contribution in [2.75, 3.05) is 0 Å². The van der Waals surface area contributed by atoms with Crippen LogP contribution < -0.4 is 11.2 Å². The van der Waals surface area contributed by atoms with E-state index in [2.05, 4.69) is 22.7 Å². The summed E-state index contributed by atoms with van der Waals surface area (Å²) in [6, 6.07) is 0. The molecule has 0 radical (unpaired) electrons. The molecule has 0 spiro atoms. The topological polar surface area (TPSA) is 74.3 Å². The molecule has 0 bridgehead atoms. The van der Waals surface area contributed by atoms with E-state index in [-0.39, 0.29) is 35.4 Å². The molecule has 4 nitrogen and oxygen atoms in total. The van der Waals surface area contributed by atoms with Crippen molar-refractivity contribution in [1.29, 1.82) is 5.41 Å². The zero-order chi connectivity index (χ0) is 5.70. The van der Waals surface area contributed by atoms with E-state index < -0.39 is 0 Å². The maximum atomic E-state index is 6.48. The second-order valence-electron chi connectivity index (χ2n) is 0.729. The van der Waals surface area contributed by atoms with Crippen molar-refractivity contribution < 1.29 is 0 Å². The fourth-order valence-corrected chi connectivity index (χ4v) is 0.129. The number of nitrogens with two attached hydrogens (primary N) is 1. The summed E-state index contributed by atoms with van der Waals surface area (Å²) < 4.78 is 0. The Hall–Kier alpha value is -0.121. The molecule has 0 fully saturated rings. The number of rotatable bonds is 1. The van der Waals surface area contributed by atoms with Gasteiger partial charge in [0.25, 0.3) is 0 Å². The predicted octanol–water partition coefficient (Wildman–Crippen LogP) is -1.01. The Bertz CT molecular complexity index is 122. The summed E-state index contributed by atoms with van der Waals surface area (Å²) in [6.45, 7) is 0. The first kappa shape index (κ1) is 15.9. The van der Waals surface area contributed by atoms with E-state index in [0.29, 0.717) is 0 Å². The second-order valence-corrected chi connectivity index (χ2v) is 0.911. The van der Waals surface area contributed by atoms with Crippen molar-refractivity contribution in [2.45, 2.75) is 0 Å². The molecule has 0 heterocycles. The molecule has 0 unspecified atom stereocenters. The van der Waals surface area contributed by atoms with Crippen molar-refractivity contribution in [2.24, 2.45) is 10.8 Å². The predicted molar refractivity (Wildman–Crippen MR) is 45.9 cm³/mol. The molecule has 0 aliphatic rings. The van der Waals surface area contributed by atoms with Crippen LogP contribution in [0.15, 0.2) is 5.10 Å². The summed E-state index contributed by atoms with van der Waals surface area (Å²) in [4.78, 5) is 0. The van der Waals surface area contributed by atoms with E-state index in [1.807, 2.05) is 5.16 Å². The third-order valence-corrected chi connectivity index (χ3v) is 0.313. The van der Waals surface area contributed by atoms with Crippen LogP contribution in [0.5, 0.6) is 0 Å². The summed E-state index contributed by atoms with van der Waals surface area (Å²) in [5.74, 6) is -0.239. The number of nitrogens with zero attached hydrogens (tertiary/aromatic N) is 1. The van der Waals surface area contributed by atoms with E-state index in [1.165, 1.54) is 0 Å². The van der Waals surface area contributed by atoms with Gasteiger partial charge in [0.15, 0.2) is 0 Å². The van der Waals surface area contributed by atoms with Crippen LogP contribution >= 0.6 is 24.6 Å². The first-order valence-electron chi connectivity index (χ1n) is 1.44. The normalized spacial score (nSPS) is 4.89. The number of nitrogens with one attached hydrogen (secondary N) is 2. The molecule has 0 amide bonds. The molecule has 0 saturated heterocycles. The number of hydrogen-bond acceptors (Lipinski definition) is 3. The van der Waals surface area contributed by atoms with Crippen LogP contribution in [0.3, 0.4) is 0 Å². The number of thiocarbonyl (C=S) groups is 1. The Morgan fingerprint density at radius 2 is 2.22 bits per heavy atom. The van der Waals surface area contributed by atoms with E-state index in [4.69, 9.17) is 11.1 Å². The van der Waals surface area contributed by atoms with Crippen molar-refractivity contribution >= 4 is 52.8 Å². The van der Waals surface area contributed by atoms with Crippen LogP contribution in [0.2, 0.25) is 0 Å². The summed E-state index contributed by atoms with van der Waals surface area (Å²) >= 11 is 4.14. The first-order chi connectivity index (χ1) is 3.27. The molecule has 0 aliphatic heterocycles. The van der Waals surface area contributed by atoms with Gasteiger partial charge >= 0.3 is 17.1 Å². The molecule has 0 saturated carbocycles. The monoisotopic (exact) mass is 234 g/mol. The zero-order valence-electron chi connectivity index (χ0n) is 4.34. The van der Waals surface area contributed by atoms with Gasteiger partial charge in [-0.2, -0.15) is 0 Å². The minimum atomic E-state index is -0.239. The number of hydrogen-bond donors (Lipinski definition) is 3. The van der Waals surface area contributed by atoms with Crippen molar-refractivity contribution in [3.63, 3.8) is 0 Å². The quantitative estimate of drug-likeness (QED) is 0.179. The fourth-order valence-electron chi connectivity index (χ4n) is 0.0830. The Balaban J connectivity index is -0.000000180. The van der Waals surface area contributed by atoms with Crippen LogP contribution in [-0.2, 0) is 0 Å². The van der Waals surface area contributed by atoms with E-state index in [9.17, 15) is 0 Å². The van der Waals surface area contributed by atoms with Gasteiger partial charge in [0.2, 0.25) is 5.96 Å². The van der Waals surface area contributed by atoms with E-state index in [1.54, 1.807) is 0 Å². The number of halogens is 1. The van der Waals surface area contributed by atoms with Gasteiger partial charge in [-0.15, -0.1) is 17.5 Å². The van der Waals surface area contributed by atoms with Gasteiger partial charge in [0.05, 0.1) is 5.16 Å². The van der Waals surface area contributed by atoms with Gasteiger partial charge < -0.3 is 5.73 Å². The standard InChI is InChI=1S/C2H4N4S.ClH.H2Se/c3-2(4)6-5-1-7;;/h(H4,3,4,6);1H;1H2. The Kier molecular flexibility index (Phi) is 19.1. The number of guanidine groups is 1. The summed E-state index contributed by atoms with van der Waals surface area (Å²) in [6.07, 6.45) is 0. The second kappa shape index (κ2) is 10.8. The molecular weight excluding hydrogens is 227 g/mol. The maximum absolute atomic E-state index is 6.48. The van der Waals surface area contributed by atoms with Crippen LogP contribution in [-0.4, -0.2) is 28.2 Å². The van der Waals surface area contributed by atoms with Gasteiger partial charge in [-0.05, 0) is 12.2 Å². The van der Waals surface area contributed by atoms with E-state index in [0.717, 1.165) is 0 Å². The summed E-state index contributed by atoms with van der Waals surface area (Å²) in [5.41, 5.74) is 6.84. The summed E-state index contributed by atoms with van der Waals surface area (Å²) in [7, 11) is 0. The molecule has 4 N–H and O–H groups in total. The van der Waals surface area contributed by atoms with Crippen molar-refractivity contribution in [1.82, 2.24) is 5.43 Å². The van der Waals surface area contributed by atoms with Gasteiger partial charge in [0, 0.05) is 0 Å². The number of hydrazone groups is 1. The Labute approximate surface area is 74.7 Å². The molecule has 0 atom stereocenters. The van der Waals surface area contributed by atoms with Crippen LogP contribution in [0.4, 0.5) is 0 Å². The van der Waals surface area contributed by atoms with Crippen LogP contribution in [0.1, 0.15) is 0 Å². The molecule has 0 aromatic rings. The summed E-state index contributed by atoms with van der Waals surface area (Å²) in [5, 5.41) is 11.6. The molecule has 9 heavy (non-hydrogen) atoms. The average Bonchev–Trinajstić information content (AvgIpc) is 1.61. The van der Waals surface area contributed by atoms with Gasteiger partial charge in [-0.1, -0.05) is 0 Å². The molecular formula is C2H7ClN4SSe. The first-order valence-corrected chi connectivity index (χ1v) is 1.85. The Morgan fingerprint density at radius 1 is 1.78 bits per heavy atom. The van der Waals surface area contributed by atoms with E-state index >= 15 is 0 Å². The van der Waals surface area contributed by atoms with Crippen molar-refractivity contribution in [3.05, 3.63) is 0 Å². The molecule has 0 aromatic carbocycles. The third kappa shape index (κ3) is 18.1. The van der Waals surface area contributed by atoms with Crippen LogP contribution in [0.25, 0.3) is 0 Å². The number of isothiocyanates is 1. The minimum absolute atomic E-state index is 0. The zero-order valence-corrected chi connectivity index (χ0v) is 8.07. The molecule has 0 aromatic heterocycles.